The Morgan fingerprint density at radius 3 is 2.29 bits per heavy atom. The molecule has 6 nitrogen and oxygen atoms in total. The van der Waals surface area contributed by atoms with E-state index in [1.807, 2.05) is 6.92 Å². The van der Waals surface area contributed by atoms with Crippen LogP contribution in [-0.2, 0) is 9.53 Å². The number of nitrogens with two attached hydrogens (primary N) is 1. The molecule has 0 fully saturated rings. The Morgan fingerprint density at radius 2 is 1.94 bits per heavy atom. The third-order valence-electron chi connectivity index (χ3n) is 2.07. The lowest BCUT2D eigenvalue weighted by Crippen LogP contribution is -2.49. The Kier molecular flexibility index (Phi) is 5.95. The summed E-state index contributed by atoms with van der Waals surface area (Å²) < 4.78 is 5.07. The van der Waals surface area contributed by atoms with Crippen LogP contribution in [0.5, 0.6) is 0 Å². The predicted molar refractivity (Wildman–Crippen MR) is 63.7 cm³/mol. The molecule has 100 valence electrons. The van der Waals surface area contributed by atoms with Gasteiger partial charge in [0.1, 0.15) is 5.60 Å². The largest absolute Gasteiger partial charge is 0.481 e. The van der Waals surface area contributed by atoms with E-state index in [2.05, 4.69) is 5.32 Å². The zero-order valence-corrected chi connectivity index (χ0v) is 10.8. The van der Waals surface area contributed by atoms with Gasteiger partial charge in [0.15, 0.2) is 0 Å². The van der Waals surface area contributed by atoms with E-state index in [9.17, 15) is 9.59 Å². The molecule has 0 aromatic heterocycles. The van der Waals surface area contributed by atoms with Gasteiger partial charge in [-0.25, -0.2) is 4.79 Å². The molecule has 0 aliphatic heterocycles. The molecular weight excluding hydrogens is 224 g/mol. The summed E-state index contributed by atoms with van der Waals surface area (Å²) in [7, 11) is 0. The maximum absolute atomic E-state index is 11.5. The molecule has 0 radical (unpaired) electrons. The molecule has 17 heavy (non-hydrogen) atoms. The fourth-order valence-corrected chi connectivity index (χ4v) is 1.31. The van der Waals surface area contributed by atoms with Gasteiger partial charge in [0.2, 0.25) is 0 Å². The predicted octanol–water partition coefficient (Wildman–Crippen LogP) is 1.09. The Hall–Kier alpha value is -1.30. The molecule has 4 N–H and O–H groups in total. The van der Waals surface area contributed by atoms with Crippen LogP contribution in [0, 0.1) is 0 Å². The van der Waals surface area contributed by atoms with Crippen LogP contribution in [0.4, 0.5) is 4.79 Å². The first-order chi connectivity index (χ1) is 7.65. The van der Waals surface area contributed by atoms with E-state index in [1.165, 1.54) is 0 Å². The molecule has 0 aliphatic carbocycles. The SMILES string of the molecule is CC[C@H](NC(=O)OC(C)(C)C)[C@H](N)CC(=O)O. The van der Waals surface area contributed by atoms with Crippen molar-refractivity contribution in [2.45, 2.75) is 58.2 Å². The van der Waals surface area contributed by atoms with Crippen LogP contribution >= 0.6 is 0 Å². The number of ether oxygens (including phenoxy) is 1. The second-order valence-corrected chi connectivity index (χ2v) is 4.92. The molecule has 6 heteroatoms. The first-order valence-electron chi connectivity index (χ1n) is 5.62. The quantitative estimate of drug-likeness (QED) is 0.674. The lowest BCUT2D eigenvalue weighted by atomic mass is 10.0. The molecule has 0 rings (SSSR count). The minimum absolute atomic E-state index is 0.186. The van der Waals surface area contributed by atoms with Gasteiger partial charge in [-0.05, 0) is 27.2 Å². The maximum atomic E-state index is 11.5. The monoisotopic (exact) mass is 246 g/mol. The number of carboxylic acid groups (broad SMARTS) is 1. The third-order valence-corrected chi connectivity index (χ3v) is 2.07. The van der Waals surface area contributed by atoms with Gasteiger partial charge in [0, 0.05) is 12.1 Å². The van der Waals surface area contributed by atoms with Crippen molar-refractivity contribution in [2.24, 2.45) is 5.73 Å². The topological polar surface area (TPSA) is 102 Å². The Bertz CT molecular complexity index is 273. The lowest BCUT2D eigenvalue weighted by molar-refractivity contribution is -0.137. The van der Waals surface area contributed by atoms with Crippen LogP contribution in [0.15, 0.2) is 0 Å². The molecule has 0 aliphatic rings. The van der Waals surface area contributed by atoms with Crippen LogP contribution < -0.4 is 11.1 Å². The number of carbonyl (C=O) groups excluding carboxylic acids is 1. The van der Waals surface area contributed by atoms with Gasteiger partial charge in [-0.15, -0.1) is 0 Å². The van der Waals surface area contributed by atoms with Crippen molar-refractivity contribution in [3.05, 3.63) is 0 Å². The molecular formula is C11H22N2O4. The van der Waals surface area contributed by atoms with Gasteiger partial charge in [-0.3, -0.25) is 4.79 Å². The second kappa shape index (κ2) is 6.44. The zero-order chi connectivity index (χ0) is 13.6. The molecule has 0 saturated heterocycles. The van der Waals surface area contributed by atoms with Gasteiger partial charge < -0.3 is 20.9 Å². The fourth-order valence-electron chi connectivity index (χ4n) is 1.31. The maximum Gasteiger partial charge on any atom is 0.407 e. The molecule has 0 spiro atoms. The highest BCUT2D eigenvalue weighted by molar-refractivity contribution is 5.69. The average molecular weight is 246 g/mol. The highest BCUT2D eigenvalue weighted by atomic mass is 16.6. The van der Waals surface area contributed by atoms with Gasteiger partial charge in [-0.2, -0.15) is 0 Å². The van der Waals surface area contributed by atoms with Gasteiger partial charge >= 0.3 is 12.1 Å². The smallest absolute Gasteiger partial charge is 0.407 e. The van der Waals surface area contributed by atoms with Crippen molar-refractivity contribution in [1.29, 1.82) is 0 Å². The second-order valence-electron chi connectivity index (χ2n) is 4.92. The van der Waals surface area contributed by atoms with E-state index in [-0.39, 0.29) is 6.42 Å². The number of alkyl carbamates (subject to hydrolysis) is 1. The van der Waals surface area contributed by atoms with Gasteiger partial charge in [0.25, 0.3) is 0 Å². The van der Waals surface area contributed by atoms with E-state index < -0.39 is 29.7 Å². The van der Waals surface area contributed by atoms with Crippen molar-refractivity contribution in [3.8, 4) is 0 Å². The summed E-state index contributed by atoms with van der Waals surface area (Å²) in [5, 5.41) is 11.2. The molecule has 0 saturated carbocycles. The normalized spacial score (nSPS) is 14.9. The number of rotatable bonds is 5. The number of carbonyl (C=O) groups is 2. The summed E-state index contributed by atoms with van der Waals surface area (Å²) in [6.07, 6.45) is -0.215. The summed E-state index contributed by atoms with van der Waals surface area (Å²) in [6, 6.07) is -1.02. The van der Waals surface area contributed by atoms with Crippen molar-refractivity contribution in [3.63, 3.8) is 0 Å². The van der Waals surface area contributed by atoms with Gasteiger partial charge in [-0.1, -0.05) is 6.92 Å². The molecule has 0 aromatic carbocycles. The molecule has 2 atom stereocenters. The number of hydrogen-bond donors (Lipinski definition) is 3. The highest BCUT2D eigenvalue weighted by Crippen LogP contribution is 2.08. The van der Waals surface area contributed by atoms with Crippen LogP contribution in [0.3, 0.4) is 0 Å². The Balaban J connectivity index is 4.30. The summed E-state index contributed by atoms with van der Waals surface area (Å²) in [5.41, 5.74) is 5.11. The van der Waals surface area contributed by atoms with E-state index in [4.69, 9.17) is 15.6 Å². The van der Waals surface area contributed by atoms with Crippen molar-refractivity contribution in [1.82, 2.24) is 5.32 Å². The number of nitrogens with one attached hydrogen (secondary N) is 1. The first kappa shape index (κ1) is 15.7. The van der Waals surface area contributed by atoms with E-state index >= 15 is 0 Å². The minimum Gasteiger partial charge on any atom is -0.481 e. The summed E-state index contributed by atoms with van der Waals surface area (Å²) in [5.74, 6) is -0.984. The minimum atomic E-state index is -0.984. The molecule has 0 aromatic rings. The molecule has 0 bridgehead atoms. The average Bonchev–Trinajstić information content (AvgIpc) is 2.09. The van der Waals surface area contributed by atoms with Crippen LogP contribution in [0.1, 0.15) is 40.5 Å². The fraction of sp³-hybridized carbons (Fsp3) is 0.818. The number of carboxylic acids is 1. The van der Waals surface area contributed by atoms with Crippen molar-refractivity contribution >= 4 is 12.1 Å². The van der Waals surface area contributed by atoms with Crippen molar-refractivity contribution < 1.29 is 19.4 Å². The number of amides is 1. The van der Waals surface area contributed by atoms with E-state index in [0.29, 0.717) is 6.42 Å². The highest BCUT2D eigenvalue weighted by Gasteiger charge is 2.23. The van der Waals surface area contributed by atoms with Crippen LogP contribution in [0.2, 0.25) is 0 Å². The summed E-state index contributed by atoms with van der Waals surface area (Å²) >= 11 is 0. The number of hydrogen-bond acceptors (Lipinski definition) is 4. The molecule has 0 heterocycles. The van der Waals surface area contributed by atoms with Crippen molar-refractivity contribution in [2.75, 3.05) is 0 Å². The van der Waals surface area contributed by atoms with E-state index in [1.54, 1.807) is 20.8 Å². The lowest BCUT2D eigenvalue weighted by Gasteiger charge is -2.25. The zero-order valence-electron chi connectivity index (χ0n) is 10.8. The number of aliphatic carboxylic acids is 1. The summed E-state index contributed by atoms with van der Waals surface area (Å²) in [6.45, 7) is 7.09. The first-order valence-corrected chi connectivity index (χ1v) is 5.62. The standard InChI is InChI=1S/C11H22N2O4/c1-5-8(7(12)6-9(14)15)13-10(16)17-11(2,3)4/h7-8H,5-6,12H2,1-4H3,(H,13,16)(H,14,15)/t7-,8+/m1/s1. The third kappa shape index (κ3) is 7.57. The Morgan fingerprint density at radius 1 is 1.41 bits per heavy atom. The molecule has 1 amide bonds. The van der Waals surface area contributed by atoms with Crippen LogP contribution in [0.25, 0.3) is 0 Å². The van der Waals surface area contributed by atoms with Crippen LogP contribution in [-0.4, -0.2) is 34.9 Å². The molecule has 0 unspecified atom stereocenters. The van der Waals surface area contributed by atoms with Gasteiger partial charge in [0.05, 0.1) is 6.42 Å². The Labute approximate surface area is 102 Å². The van der Waals surface area contributed by atoms with E-state index in [0.717, 1.165) is 0 Å². The summed E-state index contributed by atoms with van der Waals surface area (Å²) in [4.78, 5) is 22.0.